The van der Waals surface area contributed by atoms with Gasteiger partial charge in [-0.25, -0.2) is 4.98 Å². The SMILES string of the molecule is CN1CCN(Cc2ccc(CC(=O)c3ccc(Cl)c(C#Cc4cc(OCCO)cnc4N)c3)cc2C(F)(F)F)CC1. The Morgan fingerprint density at radius 2 is 1.83 bits per heavy atom. The number of nitrogens with zero attached hydrogens (tertiary/aromatic N) is 3. The Morgan fingerprint density at radius 3 is 2.54 bits per heavy atom. The van der Waals surface area contributed by atoms with Crippen molar-refractivity contribution in [2.75, 3.05) is 52.2 Å². The number of pyridine rings is 1. The molecule has 3 N–H and O–H groups in total. The van der Waals surface area contributed by atoms with E-state index in [0.717, 1.165) is 19.2 Å². The number of nitrogens with two attached hydrogens (primary N) is 1. The second-order valence-electron chi connectivity index (χ2n) is 9.79. The van der Waals surface area contributed by atoms with Crippen molar-refractivity contribution in [2.45, 2.75) is 19.1 Å². The first-order chi connectivity index (χ1) is 19.5. The zero-order valence-electron chi connectivity index (χ0n) is 22.5. The summed E-state index contributed by atoms with van der Waals surface area (Å²) < 4.78 is 47.2. The molecule has 41 heavy (non-hydrogen) atoms. The number of rotatable bonds is 8. The van der Waals surface area contributed by atoms with Crippen LogP contribution in [0.3, 0.4) is 0 Å². The van der Waals surface area contributed by atoms with Crippen molar-refractivity contribution in [2.24, 2.45) is 0 Å². The number of alkyl halides is 3. The molecule has 1 aliphatic heterocycles. The van der Waals surface area contributed by atoms with Crippen LogP contribution in [0.4, 0.5) is 19.0 Å². The summed E-state index contributed by atoms with van der Waals surface area (Å²) in [5.74, 6) is 5.90. The summed E-state index contributed by atoms with van der Waals surface area (Å²) in [6.45, 7) is 3.11. The highest BCUT2D eigenvalue weighted by atomic mass is 35.5. The van der Waals surface area contributed by atoms with Crippen LogP contribution in [-0.2, 0) is 19.1 Å². The van der Waals surface area contributed by atoms with Gasteiger partial charge in [-0.3, -0.25) is 9.69 Å². The van der Waals surface area contributed by atoms with Gasteiger partial charge in [-0.15, -0.1) is 0 Å². The van der Waals surface area contributed by atoms with Gasteiger partial charge in [-0.05, 0) is 42.4 Å². The third-order valence-electron chi connectivity index (χ3n) is 6.71. The van der Waals surface area contributed by atoms with Crippen LogP contribution in [-0.4, -0.2) is 72.1 Å². The minimum atomic E-state index is -4.54. The quantitative estimate of drug-likeness (QED) is 0.301. The first kappa shape index (κ1) is 30.3. The lowest BCUT2D eigenvalue weighted by Crippen LogP contribution is -2.44. The molecular formula is C30H30ClF3N4O3. The number of anilines is 1. The van der Waals surface area contributed by atoms with Crippen molar-refractivity contribution in [3.05, 3.63) is 87.1 Å². The fraction of sp³-hybridized carbons (Fsp3) is 0.333. The topological polar surface area (TPSA) is 91.9 Å². The zero-order chi connectivity index (χ0) is 29.6. The number of aromatic nitrogens is 1. The monoisotopic (exact) mass is 586 g/mol. The normalized spacial score (nSPS) is 14.4. The van der Waals surface area contributed by atoms with Crippen molar-refractivity contribution < 1.29 is 27.8 Å². The molecule has 1 aromatic heterocycles. The Hall–Kier alpha value is -3.62. The molecule has 7 nitrogen and oxygen atoms in total. The number of hydrogen-bond acceptors (Lipinski definition) is 7. The highest BCUT2D eigenvalue weighted by molar-refractivity contribution is 6.31. The van der Waals surface area contributed by atoms with Gasteiger partial charge in [0.1, 0.15) is 18.2 Å². The van der Waals surface area contributed by atoms with Crippen LogP contribution in [0.1, 0.15) is 38.2 Å². The van der Waals surface area contributed by atoms with Crippen LogP contribution in [0, 0.1) is 11.8 Å². The van der Waals surface area contributed by atoms with Gasteiger partial charge in [0.15, 0.2) is 5.78 Å². The molecule has 2 aromatic carbocycles. The third-order valence-corrected chi connectivity index (χ3v) is 7.04. The van der Waals surface area contributed by atoms with Crippen molar-refractivity contribution >= 4 is 23.2 Å². The molecule has 2 heterocycles. The van der Waals surface area contributed by atoms with Crippen molar-refractivity contribution in [1.29, 1.82) is 0 Å². The lowest BCUT2D eigenvalue weighted by atomic mass is 9.97. The summed E-state index contributed by atoms with van der Waals surface area (Å²) in [4.78, 5) is 21.3. The highest BCUT2D eigenvalue weighted by Crippen LogP contribution is 2.34. The van der Waals surface area contributed by atoms with Gasteiger partial charge >= 0.3 is 6.18 Å². The van der Waals surface area contributed by atoms with E-state index in [4.69, 9.17) is 27.2 Å². The highest BCUT2D eigenvalue weighted by Gasteiger charge is 2.34. The molecule has 0 atom stereocenters. The molecule has 216 valence electrons. The van der Waals surface area contributed by atoms with Crippen molar-refractivity contribution in [1.82, 2.24) is 14.8 Å². The van der Waals surface area contributed by atoms with Gasteiger partial charge in [-0.2, -0.15) is 13.2 Å². The predicted molar refractivity (Wildman–Crippen MR) is 151 cm³/mol. The zero-order valence-corrected chi connectivity index (χ0v) is 23.2. The molecule has 0 aliphatic carbocycles. The van der Waals surface area contributed by atoms with E-state index < -0.39 is 11.7 Å². The maximum atomic E-state index is 14.0. The van der Waals surface area contributed by atoms with Crippen molar-refractivity contribution in [3.63, 3.8) is 0 Å². The van der Waals surface area contributed by atoms with Gasteiger partial charge in [0.05, 0.1) is 29.0 Å². The Balaban J connectivity index is 1.52. The van der Waals surface area contributed by atoms with E-state index in [9.17, 15) is 18.0 Å². The second-order valence-corrected chi connectivity index (χ2v) is 10.2. The Labute approximate surface area is 241 Å². The number of benzene rings is 2. The number of likely N-dealkylation sites (N-methyl/N-ethyl adjacent to an activating group) is 1. The summed E-state index contributed by atoms with van der Waals surface area (Å²) in [5, 5.41) is 9.23. The second kappa shape index (κ2) is 13.4. The van der Waals surface area contributed by atoms with E-state index in [0.29, 0.717) is 35.0 Å². The molecule has 1 aliphatic rings. The molecule has 0 radical (unpaired) electrons. The molecule has 4 rings (SSSR count). The van der Waals surface area contributed by atoms with E-state index in [-0.39, 0.29) is 54.5 Å². The van der Waals surface area contributed by atoms with Crippen LogP contribution in [0.2, 0.25) is 5.02 Å². The summed E-state index contributed by atoms with van der Waals surface area (Å²) in [6.07, 6.45) is -3.35. The first-order valence-electron chi connectivity index (χ1n) is 13.0. The predicted octanol–water partition coefficient (Wildman–Crippen LogP) is 4.28. The number of halogens is 4. The molecule has 1 fully saturated rings. The Morgan fingerprint density at radius 1 is 1.10 bits per heavy atom. The van der Waals surface area contributed by atoms with Crippen molar-refractivity contribution in [3.8, 4) is 17.6 Å². The van der Waals surface area contributed by atoms with Gasteiger partial charge in [0.25, 0.3) is 0 Å². The number of hydrogen-bond donors (Lipinski definition) is 2. The lowest BCUT2D eigenvalue weighted by molar-refractivity contribution is -0.138. The van der Waals surface area contributed by atoms with Gasteiger partial charge < -0.3 is 20.5 Å². The minimum absolute atomic E-state index is 0.0813. The summed E-state index contributed by atoms with van der Waals surface area (Å²) in [6, 6.07) is 10.2. The number of aliphatic hydroxyl groups excluding tert-OH is 1. The number of carbonyl (C=O) groups is 1. The minimum Gasteiger partial charge on any atom is -0.490 e. The molecule has 11 heteroatoms. The van der Waals surface area contributed by atoms with Crippen LogP contribution >= 0.6 is 11.6 Å². The molecule has 3 aromatic rings. The summed E-state index contributed by atoms with van der Waals surface area (Å²) >= 11 is 6.30. The average molecular weight is 587 g/mol. The number of ketones is 1. The lowest BCUT2D eigenvalue weighted by Gasteiger charge is -2.33. The van der Waals surface area contributed by atoms with Crippen LogP contribution in [0.25, 0.3) is 0 Å². The number of aliphatic hydroxyl groups is 1. The largest absolute Gasteiger partial charge is 0.490 e. The maximum absolute atomic E-state index is 14.0. The summed E-state index contributed by atoms with van der Waals surface area (Å²) in [5.41, 5.74) is 6.62. The third kappa shape index (κ3) is 8.21. The molecular weight excluding hydrogens is 557 g/mol. The van der Waals surface area contributed by atoms with Gasteiger partial charge in [0.2, 0.25) is 0 Å². The maximum Gasteiger partial charge on any atom is 0.416 e. The molecule has 0 saturated carbocycles. The van der Waals surface area contributed by atoms with Crippen LogP contribution < -0.4 is 10.5 Å². The first-order valence-corrected chi connectivity index (χ1v) is 13.3. The average Bonchev–Trinajstić information content (AvgIpc) is 2.94. The number of Topliss-reactive ketones (excluding diaryl/α,β-unsaturated/α-hetero) is 1. The smallest absolute Gasteiger partial charge is 0.416 e. The fourth-order valence-electron chi connectivity index (χ4n) is 4.40. The molecule has 0 bridgehead atoms. The number of carbonyl (C=O) groups excluding carboxylic acids is 1. The molecule has 1 saturated heterocycles. The fourth-order valence-corrected chi connectivity index (χ4v) is 4.56. The Bertz CT molecular complexity index is 1460. The Kier molecular flexibility index (Phi) is 9.89. The van der Waals surface area contributed by atoms with E-state index in [1.54, 1.807) is 12.1 Å². The van der Waals surface area contributed by atoms with Crippen LogP contribution in [0.15, 0.2) is 48.7 Å². The van der Waals surface area contributed by atoms with Gasteiger partial charge in [0, 0.05) is 56.3 Å². The van der Waals surface area contributed by atoms with Crippen LogP contribution in [0.5, 0.6) is 5.75 Å². The van der Waals surface area contributed by atoms with E-state index in [1.165, 1.54) is 30.5 Å². The van der Waals surface area contributed by atoms with Gasteiger partial charge in [-0.1, -0.05) is 35.6 Å². The van der Waals surface area contributed by atoms with E-state index in [2.05, 4.69) is 21.7 Å². The number of nitrogen functional groups attached to an aromatic ring is 1. The number of piperazine rings is 1. The molecule has 0 unspecified atom stereocenters. The number of ether oxygens (including phenoxy) is 1. The standard InChI is InChI=1S/C30H30ClF3N4O3/c1-37-8-10-38(11-9-37)19-24-3-2-20(14-26(24)30(32,33)34)15-28(40)22-6-7-27(31)21(16-22)4-5-23-17-25(41-13-12-39)18-36-29(23)35/h2-3,6-7,14,16-18,39H,8-13,15,19H2,1H3,(H2,35,36). The summed E-state index contributed by atoms with van der Waals surface area (Å²) in [7, 11) is 1.99. The molecule has 0 spiro atoms. The van der Waals surface area contributed by atoms with E-state index in [1.807, 2.05) is 11.9 Å². The molecule has 0 amide bonds. The van der Waals surface area contributed by atoms with E-state index >= 15 is 0 Å².